The van der Waals surface area contributed by atoms with E-state index in [9.17, 15) is 4.39 Å². The number of fused-ring (bicyclic) bond motifs is 1. The summed E-state index contributed by atoms with van der Waals surface area (Å²) in [5.41, 5.74) is 1.79. The number of nitrogens with zero attached hydrogens (tertiary/aromatic N) is 2. The number of benzene rings is 1. The van der Waals surface area contributed by atoms with Gasteiger partial charge < -0.3 is 9.30 Å². The Bertz CT molecular complexity index is 527. The smallest absolute Gasteiger partial charge is 0.146 e. The number of hydrogen-bond donors (Lipinski definition) is 0. The molecule has 5 heteroatoms. The zero-order valence-corrected chi connectivity index (χ0v) is 11.1. The summed E-state index contributed by atoms with van der Waals surface area (Å²) in [6.45, 7) is 0.288. The van der Waals surface area contributed by atoms with Crippen LogP contribution in [0.4, 0.5) is 4.39 Å². The second-order valence-electron chi connectivity index (χ2n) is 3.99. The van der Waals surface area contributed by atoms with E-state index in [1.54, 1.807) is 7.11 Å². The molecule has 0 saturated heterocycles. The second-order valence-corrected chi connectivity index (χ2v) is 4.37. The van der Waals surface area contributed by atoms with Crippen molar-refractivity contribution >= 4 is 22.6 Å². The predicted molar refractivity (Wildman–Crippen MR) is 71.3 cm³/mol. The molecule has 1 heterocycles. The first-order valence-corrected chi connectivity index (χ1v) is 6.49. The lowest BCUT2D eigenvalue weighted by Crippen LogP contribution is -2.05. The van der Waals surface area contributed by atoms with Crippen LogP contribution in [0.1, 0.15) is 12.2 Å². The lowest BCUT2D eigenvalue weighted by atomic mass is 10.3. The van der Waals surface area contributed by atoms with Crippen molar-refractivity contribution in [2.24, 2.45) is 0 Å². The van der Waals surface area contributed by atoms with E-state index < -0.39 is 0 Å². The third kappa shape index (κ3) is 2.43. The van der Waals surface area contributed by atoms with Gasteiger partial charge in [-0.15, -0.1) is 11.6 Å². The van der Waals surface area contributed by atoms with E-state index in [1.807, 2.05) is 22.8 Å². The van der Waals surface area contributed by atoms with Gasteiger partial charge in [0.25, 0.3) is 0 Å². The number of aryl methyl sites for hydroxylation is 2. The van der Waals surface area contributed by atoms with Gasteiger partial charge in [-0.1, -0.05) is 6.07 Å². The summed E-state index contributed by atoms with van der Waals surface area (Å²) in [6.07, 6.45) is 1.16. The summed E-state index contributed by atoms with van der Waals surface area (Å²) in [4.78, 5) is 4.56. The zero-order valence-electron chi connectivity index (χ0n) is 10.3. The Kier molecular flexibility index (Phi) is 4.42. The highest BCUT2D eigenvalue weighted by Crippen LogP contribution is 2.26. The third-order valence-electron chi connectivity index (χ3n) is 2.87. The largest absolute Gasteiger partial charge is 0.494 e. The number of methoxy groups -OCH3 is 1. The molecule has 3 nitrogen and oxygen atoms in total. The van der Waals surface area contributed by atoms with E-state index in [-0.39, 0.29) is 6.67 Å². The van der Waals surface area contributed by atoms with Crippen LogP contribution in [0.5, 0.6) is 5.75 Å². The average molecular weight is 271 g/mol. The van der Waals surface area contributed by atoms with Crippen molar-refractivity contribution in [3.63, 3.8) is 0 Å². The second kappa shape index (κ2) is 6.05. The average Bonchev–Trinajstić information content (AvgIpc) is 2.74. The summed E-state index contributed by atoms with van der Waals surface area (Å²) < 4.78 is 19.7. The molecule has 0 unspecified atom stereocenters. The number of imidazole rings is 1. The summed E-state index contributed by atoms with van der Waals surface area (Å²) in [6, 6.07) is 5.76. The zero-order chi connectivity index (χ0) is 13.0. The maximum absolute atomic E-state index is 12.4. The maximum atomic E-state index is 12.4. The summed E-state index contributed by atoms with van der Waals surface area (Å²) >= 11 is 5.78. The molecule has 0 amide bonds. The molecule has 0 saturated carbocycles. The standard InChI is InChI=1S/C13H16ClFN2O/c1-18-11-5-2-4-10-13(11)16-12(6-7-14)17(10)9-3-8-15/h2,4-5H,3,6-9H2,1H3. The van der Waals surface area contributed by atoms with Gasteiger partial charge in [-0.05, 0) is 18.6 Å². The molecule has 0 atom stereocenters. The quantitative estimate of drug-likeness (QED) is 0.754. The molecule has 0 N–H and O–H groups in total. The van der Waals surface area contributed by atoms with Crippen molar-refractivity contribution < 1.29 is 9.13 Å². The summed E-state index contributed by atoms with van der Waals surface area (Å²) in [5.74, 6) is 2.13. The number of rotatable bonds is 6. The molecule has 0 fully saturated rings. The Morgan fingerprint density at radius 2 is 2.28 bits per heavy atom. The molecule has 2 rings (SSSR count). The molecule has 0 aliphatic carbocycles. The Morgan fingerprint density at radius 1 is 1.44 bits per heavy atom. The third-order valence-corrected chi connectivity index (χ3v) is 3.06. The fourth-order valence-corrected chi connectivity index (χ4v) is 2.25. The summed E-state index contributed by atoms with van der Waals surface area (Å²) in [7, 11) is 1.62. The summed E-state index contributed by atoms with van der Waals surface area (Å²) in [5, 5.41) is 0. The molecular formula is C13H16ClFN2O. The topological polar surface area (TPSA) is 27.1 Å². The van der Waals surface area contributed by atoms with E-state index in [0.29, 0.717) is 25.3 Å². The fourth-order valence-electron chi connectivity index (χ4n) is 2.08. The molecule has 1 aromatic heterocycles. The lowest BCUT2D eigenvalue weighted by molar-refractivity contribution is 0.419. The van der Waals surface area contributed by atoms with Gasteiger partial charge in [0.15, 0.2) is 0 Å². The van der Waals surface area contributed by atoms with E-state index in [2.05, 4.69) is 4.98 Å². The molecule has 0 radical (unpaired) electrons. The minimum absolute atomic E-state index is 0.329. The molecule has 98 valence electrons. The van der Waals surface area contributed by atoms with Crippen molar-refractivity contribution in [3.8, 4) is 5.75 Å². The van der Waals surface area contributed by atoms with Crippen molar-refractivity contribution in [1.82, 2.24) is 9.55 Å². The van der Waals surface area contributed by atoms with E-state index >= 15 is 0 Å². The van der Waals surface area contributed by atoms with Crippen molar-refractivity contribution in [3.05, 3.63) is 24.0 Å². The highest BCUT2D eigenvalue weighted by Gasteiger charge is 2.13. The Labute approximate surface area is 111 Å². The molecule has 0 spiro atoms. The molecule has 1 aromatic carbocycles. The first kappa shape index (κ1) is 13.1. The van der Waals surface area contributed by atoms with Gasteiger partial charge in [-0.25, -0.2) is 4.98 Å². The van der Waals surface area contributed by atoms with Gasteiger partial charge in [0.05, 0.1) is 19.3 Å². The SMILES string of the molecule is COc1cccc2c1nc(CCCl)n2CCCF. The molecular weight excluding hydrogens is 255 g/mol. The highest BCUT2D eigenvalue weighted by atomic mass is 35.5. The lowest BCUT2D eigenvalue weighted by Gasteiger charge is -2.07. The predicted octanol–water partition coefficient (Wildman–Crippen LogP) is 3.19. The van der Waals surface area contributed by atoms with Gasteiger partial charge in [-0.2, -0.15) is 0 Å². The molecule has 18 heavy (non-hydrogen) atoms. The van der Waals surface area contributed by atoms with Crippen LogP contribution in [0.2, 0.25) is 0 Å². The van der Waals surface area contributed by atoms with Crippen LogP contribution in [0.25, 0.3) is 11.0 Å². The van der Waals surface area contributed by atoms with E-state index in [0.717, 1.165) is 22.6 Å². The Morgan fingerprint density at radius 3 is 2.94 bits per heavy atom. The number of hydrogen-bond acceptors (Lipinski definition) is 2. The molecule has 0 aliphatic heterocycles. The molecule has 0 aliphatic rings. The van der Waals surface area contributed by atoms with Crippen LogP contribution in [-0.4, -0.2) is 29.2 Å². The van der Waals surface area contributed by atoms with Crippen LogP contribution >= 0.6 is 11.6 Å². The Balaban J connectivity index is 2.52. The minimum Gasteiger partial charge on any atom is -0.494 e. The fraction of sp³-hybridized carbons (Fsp3) is 0.462. The first-order chi connectivity index (χ1) is 8.81. The number of alkyl halides is 2. The van der Waals surface area contributed by atoms with Gasteiger partial charge >= 0.3 is 0 Å². The van der Waals surface area contributed by atoms with Crippen LogP contribution in [0.15, 0.2) is 18.2 Å². The van der Waals surface area contributed by atoms with Crippen LogP contribution < -0.4 is 4.74 Å². The van der Waals surface area contributed by atoms with E-state index in [1.165, 1.54) is 0 Å². The van der Waals surface area contributed by atoms with Gasteiger partial charge in [0.2, 0.25) is 0 Å². The molecule has 2 aromatic rings. The van der Waals surface area contributed by atoms with Gasteiger partial charge in [-0.3, -0.25) is 4.39 Å². The number of halogens is 2. The number of ether oxygens (including phenoxy) is 1. The number of para-hydroxylation sites is 1. The van der Waals surface area contributed by atoms with Crippen molar-refractivity contribution in [1.29, 1.82) is 0 Å². The normalized spacial score (nSPS) is 11.1. The van der Waals surface area contributed by atoms with Gasteiger partial charge in [0.1, 0.15) is 17.1 Å². The maximum Gasteiger partial charge on any atom is 0.146 e. The van der Waals surface area contributed by atoms with Crippen molar-refractivity contribution in [2.45, 2.75) is 19.4 Å². The van der Waals surface area contributed by atoms with Gasteiger partial charge in [0, 0.05) is 18.8 Å². The Hall–Kier alpha value is -1.29. The minimum atomic E-state index is -0.329. The van der Waals surface area contributed by atoms with Crippen LogP contribution in [0.3, 0.4) is 0 Å². The van der Waals surface area contributed by atoms with E-state index in [4.69, 9.17) is 16.3 Å². The highest BCUT2D eigenvalue weighted by molar-refractivity contribution is 6.17. The molecule has 0 bridgehead atoms. The van der Waals surface area contributed by atoms with Crippen molar-refractivity contribution in [2.75, 3.05) is 19.7 Å². The van der Waals surface area contributed by atoms with Crippen LogP contribution in [-0.2, 0) is 13.0 Å². The monoisotopic (exact) mass is 270 g/mol. The number of aromatic nitrogens is 2. The van der Waals surface area contributed by atoms with Crippen LogP contribution in [0, 0.1) is 0 Å². The first-order valence-electron chi connectivity index (χ1n) is 5.96.